The molecule has 0 bridgehead atoms. The second-order valence-corrected chi connectivity index (χ2v) is 4.23. The molecule has 1 saturated heterocycles. The van der Waals surface area contributed by atoms with E-state index in [4.69, 9.17) is 19.7 Å². The third kappa shape index (κ3) is 5.13. The van der Waals surface area contributed by atoms with E-state index in [1.807, 2.05) is 6.92 Å². The number of epoxide rings is 1. The molecule has 0 aromatic carbocycles. The van der Waals surface area contributed by atoms with Gasteiger partial charge >= 0.3 is 17.9 Å². The second kappa shape index (κ2) is 6.34. The van der Waals surface area contributed by atoms with Gasteiger partial charge in [-0.1, -0.05) is 0 Å². The first kappa shape index (κ1) is 14.4. The minimum Gasteiger partial charge on any atom is -0.481 e. The van der Waals surface area contributed by atoms with Gasteiger partial charge in [0.2, 0.25) is 0 Å². The fourth-order valence-electron chi connectivity index (χ4n) is 1.45. The standard InChI is InChI=1S/C11H16O7/c1-6-8(18-6)5-17-10(14)4-7(11(15)16)2-3-9(12)13/h6-8H,2-5H2,1H3,(H,12,13)(H,15,16). The number of carbonyl (C=O) groups is 3. The summed E-state index contributed by atoms with van der Waals surface area (Å²) in [6, 6.07) is 0. The Morgan fingerprint density at radius 2 is 1.94 bits per heavy atom. The normalized spacial score (nSPS) is 23.2. The molecule has 0 aromatic rings. The summed E-state index contributed by atoms with van der Waals surface area (Å²) in [4.78, 5) is 32.5. The topological polar surface area (TPSA) is 113 Å². The van der Waals surface area contributed by atoms with Crippen LogP contribution in [0.25, 0.3) is 0 Å². The predicted molar refractivity (Wildman–Crippen MR) is 57.9 cm³/mol. The lowest BCUT2D eigenvalue weighted by molar-refractivity contribution is -0.152. The average molecular weight is 260 g/mol. The first-order valence-electron chi connectivity index (χ1n) is 5.66. The van der Waals surface area contributed by atoms with E-state index in [0.29, 0.717) is 0 Å². The maximum absolute atomic E-state index is 11.4. The summed E-state index contributed by atoms with van der Waals surface area (Å²) in [5.74, 6) is -3.94. The molecule has 102 valence electrons. The number of carboxylic acid groups (broad SMARTS) is 2. The summed E-state index contributed by atoms with van der Waals surface area (Å²) in [7, 11) is 0. The Morgan fingerprint density at radius 1 is 1.33 bits per heavy atom. The number of carbonyl (C=O) groups excluding carboxylic acids is 1. The van der Waals surface area contributed by atoms with Crippen LogP contribution in [-0.2, 0) is 23.9 Å². The maximum Gasteiger partial charge on any atom is 0.307 e. The second-order valence-electron chi connectivity index (χ2n) is 4.23. The molecule has 3 atom stereocenters. The summed E-state index contributed by atoms with van der Waals surface area (Å²) in [5.41, 5.74) is 0. The van der Waals surface area contributed by atoms with E-state index in [0.717, 1.165) is 0 Å². The first-order chi connectivity index (χ1) is 8.40. The Morgan fingerprint density at radius 3 is 2.39 bits per heavy atom. The van der Waals surface area contributed by atoms with E-state index in [9.17, 15) is 14.4 Å². The van der Waals surface area contributed by atoms with Crippen molar-refractivity contribution in [2.75, 3.05) is 6.61 Å². The van der Waals surface area contributed by atoms with Gasteiger partial charge in [-0.25, -0.2) is 0 Å². The number of esters is 1. The fourth-order valence-corrected chi connectivity index (χ4v) is 1.45. The molecular weight excluding hydrogens is 244 g/mol. The van der Waals surface area contributed by atoms with Gasteiger partial charge in [0, 0.05) is 6.42 Å². The molecule has 0 aliphatic carbocycles. The third-order valence-corrected chi connectivity index (χ3v) is 2.71. The van der Waals surface area contributed by atoms with Gasteiger partial charge in [0.1, 0.15) is 12.7 Å². The van der Waals surface area contributed by atoms with E-state index >= 15 is 0 Å². The number of hydrogen-bond acceptors (Lipinski definition) is 5. The number of ether oxygens (including phenoxy) is 2. The van der Waals surface area contributed by atoms with Crippen LogP contribution in [0.3, 0.4) is 0 Å². The van der Waals surface area contributed by atoms with Gasteiger partial charge < -0.3 is 19.7 Å². The lowest BCUT2D eigenvalue weighted by Crippen LogP contribution is -2.21. The van der Waals surface area contributed by atoms with Gasteiger partial charge in [-0.05, 0) is 13.3 Å². The molecule has 3 unspecified atom stereocenters. The molecule has 0 amide bonds. The number of carboxylic acids is 2. The maximum atomic E-state index is 11.4. The minimum absolute atomic E-state index is 0.0695. The Labute approximate surface area is 104 Å². The highest BCUT2D eigenvalue weighted by Gasteiger charge is 2.35. The number of rotatable bonds is 8. The van der Waals surface area contributed by atoms with Crippen LogP contribution in [0.1, 0.15) is 26.2 Å². The highest BCUT2D eigenvalue weighted by Crippen LogP contribution is 2.21. The van der Waals surface area contributed by atoms with Gasteiger partial charge in [-0.3, -0.25) is 14.4 Å². The molecule has 0 radical (unpaired) electrons. The van der Waals surface area contributed by atoms with Crippen LogP contribution in [0.5, 0.6) is 0 Å². The van der Waals surface area contributed by atoms with Crippen LogP contribution in [0.4, 0.5) is 0 Å². The van der Waals surface area contributed by atoms with Crippen molar-refractivity contribution in [3.05, 3.63) is 0 Å². The highest BCUT2D eigenvalue weighted by atomic mass is 16.6. The Hall–Kier alpha value is -1.63. The van der Waals surface area contributed by atoms with E-state index in [2.05, 4.69) is 0 Å². The molecular formula is C11H16O7. The zero-order valence-corrected chi connectivity index (χ0v) is 10.00. The number of aliphatic carboxylic acids is 2. The van der Waals surface area contributed by atoms with Crippen molar-refractivity contribution < 1.29 is 34.1 Å². The summed E-state index contributed by atoms with van der Waals surface area (Å²) < 4.78 is 9.88. The van der Waals surface area contributed by atoms with Crippen LogP contribution in [-0.4, -0.2) is 46.9 Å². The fraction of sp³-hybridized carbons (Fsp3) is 0.727. The van der Waals surface area contributed by atoms with Crippen molar-refractivity contribution in [1.82, 2.24) is 0 Å². The molecule has 1 heterocycles. The molecule has 1 rings (SSSR count). The molecule has 0 aromatic heterocycles. The van der Waals surface area contributed by atoms with Crippen LogP contribution in [0.15, 0.2) is 0 Å². The van der Waals surface area contributed by atoms with Crippen molar-refractivity contribution in [2.24, 2.45) is 5.92 Å². The van der Waals surface area contributed by atoms with Gasteiger partial charge in [0.05, 0.1) is 18.4 Å². The Balaban J connectivity index is 2.28. The first-order valence-corrected chi connectivity index (χ1v) is 5.66. The van der Waals surface area contributed by atoms with Crippen LogP contribution >= 0.6 is 0 Å². The molecule has 1 aliphatic heterocycles. The summed E-state index contributed by atoms with van der Waals surface area (Å²) in [5, 5.41) is 17.3. The van der Waals surface area contributed by atoms with Crippen molar-refractivity contribution in [3.63, 3.8) is 0 Å². The van der Waals surface area contributed by atoms with Crippen LogP contribution in [0, 0.1) is 5.92 Å². The molecule has 0 spiro atoms. The van der Waals surface area contributed by atoms with Crippen molar-refractivity contribution in [1.29, 1.82) is 0 Å². The Bertz CT molecular complexity index is 338. The van der Waals surface area contributed by atoms with E-state index < -0.39 is 23.8 Å². The van der Waals surface area contributed by atoms with Gasteiger partial charge in [0.25, 0.3) is 0 Å². The van der Waals surface area contributed by atoms with Crippen molar-refractivity contribution in [2.45, 2.75) is 38.4 Å². The van der Waals surface area contributed by atoms with Crippen molar-refractivity contribution >= 4 is 17.9 Å². The molecule has 2 N–H and O–H groups in total. The smallest absolute Gasteiger partial charge is 0.307 e. The molecule has 18 heavy (non-hydrogen) atoms. The quantitative estimate of drug-likeness (QED) is 0.475. The van der Waals surface area contributed by atoms with Crippen LogP contribution < -0.4 is 0 Å². The summed E-state index contributed by atoms with van der Waals surface area (Å²) in [6.45, 7) is 1.96. The zero-order chi connectivity index (χ0) is 13.7. The minimum atomic E-state index is -1.19. The average Bonchev–Trinajstić information content (AvgIpc) is 2.97. The lowest BCUT2D eigenvalue weighted by Gasteiger charge is -2.10. The Kier molecular flexibility index (Phi) is 5.08. The molecule has 1 aliphatic rings. The van der Waals surface area contributed by atoms with Gasteiger partial charge in [0.15, 0.2) is 0 Å². The lowest BCUT2D eigenvalue weighted by atomic mass is 10.00. The molecule has 0 saturated carbocycles. The third-order valence-electron chi connectivity index (χ3n) is 2.71. The van der Waals surface area contributed by atoms with E-state index in [1.54, 1.807) is 0 Å². The highest BCUT2D eigenvalue weighted by molar-refractivity contribution is 5.79. The predicted octanol–water partition coefficient (Wildman–Crippen LogP) is 0.273. The monoisotopic (exact) mass is 260 g/mol. The van der Waals surface area contributed by atoms with Gasteiger partial charge in [-0.2, -0.15) is 0 Å². The SMILES string of the molecule is CC1OC1COC(=O)CC(CCC(=O)O)C(=O)O. The zero-order valence-electron chi connectivity index (χ0n) is 10.00. The van der Waals surface area contributed by atoms with Gasteiger partial charge in [-0.15, -0.1) is 0 Å². The van der Waals surface area contributed by atoms with E-state index in [1.165, 1.54) is 0 Å². The van der Waals surface area contributed by atoms with Crippen molar-refractivity contribution in [3.8, 4) is 0 Å². The summed E-state index contributed by atoms with van der Waals surface area (Å²) >= 11 is 0. The van der Waals surface area contributed by atoms with Crippen LogP contribution in [0.2, 0.25) is 0 Å². The molecule has 7 heteroatoms. The van der Waals surface area contributed by atoms with E-state index in [-0.39, 0.29) is 38.1 Å². The molecule has 1 fully saturated rings. The summed E-state index contributed by atoms with van der Waals surface area (Å²) in [6.07, 6.45) is -0.719. The number of hydrogen-bond donors (Lipinski definition) is 2. The molecule has 7 nitrogen and oxygen atoms in total. The largest absolute Gasteiger partial charge is 0.481 e.